The fourth-order valence-electron chi connectivity index (χ4n) is 4.05. The summed E-state index contributed by atoms with van der Waals surface area (Å²) in [4.78, 5) is 4.57. The van der Waals surface area contributed by atoms with E-state index in [1.54, 1.807) is 12.1 Å². The molecule has 0 amide bonds. The molecule has 0 spiro atoms. The van der Waals surface area contributed by atoms with E-state index >= 15 is 0 Å². The van der Waals surface area contributed by atoms with E-state index in [0.29, 0.717) is 13.2 Å². The van der Waals surface area contributed by atoms with Crippen molar-refractivity contribution < 1.29 is 19.7 Å². The number of nitrogens with zero attached hydrogens (tertiary/aromatic N) is 2. The number of phenolic OH excluding ortho intramolecular Hbond substituents is 1. The molecular weight excluding hydrogens is 322 g/mol. The molecule has 3 aliphatic rings. The van der Waals surface area contributed by atoms with Gasteiger partial charge in [0, 0.05) is 38.3 Å². The highest BCUT2D eigenvalue weighted by Gasteiger charge is 2.52. The van der Waals surface area contributed by atoms with Crippen molar-refractivity contribution in [1.82, 2.24) is 15.1 Å². The third-order valence-corrected chi connectivity index (χ3v) is 5.61. The Bertz CT molecular complexity index is 593. The average Bonchev–Trinajstić information content (AvgIpc) is 3.03. The lowest BCUT2D eigenvalue weighted by molar-refractivity contribution is -0.186. The van der Waals surface area contributed by atoms with Gasteiger partial charge in [0.05, 0.1) is 24.8 Å². The van der Waals surface area contributed by atoms with Crippen molar-refractivity contribution in [2.24, 2.45) is 0 Å². The summed E-state index contributed by atoms with van der Waals surface area (Å²) in [6.45, 7) is 4.74. The molecule has 1 aromatic carbocycles. The van der Waals surface area contributed by atoms with Gasteiger partial charge in [-0.05, 0) is 13.1 Å². The molecular formula is C18H27N3O4. The van der Waals surface area contributed by atoms with Crippen molar-refractivity contribution >= 4 is 0 Å². The number of fused-ring (bicyclic) bond motifs is 2. The van der Waals surface area contributed by atoms with E-state index in [4.69, 9.17) is 9.47 Å². The average molecular weight is 349 g/mol. The molecule has 3 saturated heterocycles. The van der Waals surface area contributed by atoms with Gasteiger partial charge in [-0.15, -0.1) is 0 Å². The number of likely N-dealkylation sites (N-methyl/N-ethyl adjacent to an activating group) is 1. The van der Waals surface area contributed by atoms with Crippen LogP contribution in [0, 0.1) is 0 Å². The third-order valence-electron chi connectivity index (χ3n) is 5.61. The van der Waals surface area contributed by atoms with Gasteiger partial charge in [-0.25, -0.2) is 0 Å². The first-order chi connectivity index (χ1) is 12.1. The highest BCUT2D eigenvalue weighted by Crippen LogP contribution is 2.32. The molecule has 7 heteroatoms. The molecule has 3 fully saturated rings. The van der Waals surface area contributed by atoms with E-state index in [9.17, 15) is 10.2 Å². The number of hydrogen-bond acceptors (Lipinski definition) is 7. The number of nitrogens with one attached hydrogen (secondary N) is 1. The SMILES string of the molecule is CN1CCN(C2C3OCC(O3)C(NCc3ccccc3O)C2O)CC1. The van der Waals surface area contributed by atoms with Crippen LogP contribution in [0.25, 0.3) is 0 Å². The lowest BCUT2D eigenvalue weighted by Crippen LogP contribution is -2.66. The van der Waals surface area contributed by atoms with Gasteiger partial charge in [0.2, 0.25) is 0 Å². The minimum atomic E-state index is -0.569. The smallest absolute Gasteiger partial charge is 0.176 e. The highest BCUT2D eigenvalue weighted by atomic mass is 16.7. The molecule has 7 nitrogen and oxygen atoms in total. The second kappa shape index (κ2) is 7.19. The van der Waals surface area contributed by atoms with Crippen LogP contribution < -0.4 is 5.32 Å². The summed E-state index contributed by atoms with van der Waals surface area (Å²) < 4.78 is 11.8. The lowest BCUT2D eigenvalue weighted by Gasteiger charge is -2.46. The first kappa shape index (κ1) is 17.2. The zero-order chi connectivity index (χ0) is 17.4. The quantitative estimate of drug-likeness (QED) is 0.682. The van der Waals surface area contributed by atoms with E-state index in [-0.39, 0.29) is 30.2 Å². The van der Waals surface area contributed by atoms with Crippen LogP contribution >= 0.6 is 0 Å². The van der Waals surface area contributed by atoms with Crippen molar-refractivity contribution in [2.45, 2.75) is 37.1 Å². The van der Waals surface area contributed by atoms with Crippen molar-refractivity contribution in [2.75, 3.05) is 39.8 Å². The monoisotopic (exact) mass is 349 g/mol. The Balaban J connectivity index is 1.45. The Labute approximate surface area is 148 Å². The van der Waals surface area contributed by atoms with Crippen LogP contribution in [0.3, 0.4) is 0 Å². The molecule has 3 aliphatic heterocycles. The maximum atomic E-state index is 11.0. The minimum Gasteiger partial charge on any atom is -0.508 e. The number of rotatable bonds is 4. The van der Waals surface area contributed by atoms with Crippen molar-refractivity contribution in [3.05, 3.63) is 29.8 Å². The van der Waals surface area contributed by atoms with Gasteiger partial charge in [0.25, 0.3) is 0 Å². The number of aliphatic hydroxyl groups excluding tert-OH is 1. The summed E-state index contributed by atoms with van der Waals surface area (Å²) >= 11 is 0. The molecule has 0 aromatic heterocycles. The Morgan fingerprint density at radius 2 is 1.96 bits per heavy atom. The number of hydrogen-bond donors (Lipinski definition) is 3. The molecule has 0 aliphatic carbocycles. The Kier molecular flexibility index (Phi) is 4.95. The normalized spacial score (nSPS) is 36.6. The Morgan fingerprint density at radius 1 is 1.20 bits per heavy atom. The molecule has 3 heterocycles. The van der Waals surface area contributed by atoms with Gasteiger partial charge in [0.1, 0.15) is 11.9 Å². The van der Waals surface area contributed by atoms with Gasteiger partial charge in [0.15, 0.2) is 6.29 Å². The van der Waals surface area contributed by atoms with Crippen LogP contribution in [-0.4, -0.2) is 90.4 Å². The topological polar surface area (TPSA) is 77.4 Å². The summed E-state index contributed by atoms with van der Waals surface area (Å²) in [5.74, 6) is 0.261. The number of benzene rings is 1. The summed E-state index contributed by atoms with van der Waals surface area (Å²) in [6, 6.07) is 6.87. The van der Waals surface area contributed by atoms with Crippen molar-refractivity contribution in [3.8, 4) is 5.75 Å². The van der Waals surface area contributed by atoms with E-state index < -0.39 is 6.10 Å². The number of aliphatic hydroxyl groups is 1. The largest absolute Gasteiger partial charge is 0.508 e. The van der Waals surface area contributed by atoms with Gasteiger partial charge < -0.3 is 29.9 Å². The van der Waals surface area contributed by atoms with Crippen LogP contribution in [-0.2, 0) is 16.0 Å². The summed E-state index contributed by atoms with van der Waals surface area (Å²) in [6.07, 6.45) is -1.08. The minimum absolute atomic E-state index is 0.158. The van der Waals surface area contributed by atoms with E-state index in [1.807, 2.05) is 12.1 Å². The molecule has 0 saturated carbocycles. The maximum absolute atomic E-state index is 11.0. The van der Waals surface area contributed by atoms with Gasteiger partial charge >= 0.3 is 0 Å². The number of phenols is 1. The number of ether oxygens (including phenoxy) is 2. The van der Waals surface area contributed by atoms with Gasteiger partial charge in [-0.3, -0.25) is 4.90 Å². The fourth-order valence-corrected chi connectivity index (χ4v) is 4.05. The molecule has 2 bridgehead atoms. The van der Waals surface area contributed by atoms with E-state index in [2.05, 4.69) is 22.2 Å². The predicted octanol–water partition coefficient (Wildman–Crippen LogP) is -0.418. The van der Waals surface area contributed by atoms with Crippen LogP contribution in [0.1, 0.15) is 5.56 Å². The fraction of sp³-hybridized carbons (Fsp3) is 0.667. The van der Waals surface area contributed by atoms with Gasteiger partial charge in [-0.1, -0.05) is 18.2 Å². The van der Waals surface area contributed by atoms with E-state index in [1.165, 1.54) is 0 Å². The standard InChI is InChI=1S/C18H27N3O4/c1-20-6-8-21(9-7-20)16-17(23)15(14-11-24-18(16)25-14)19-10-12-4-2-3-5-13(12)22/h2-5,14-19,22-23H,6-11H2,1H3. The Morgan fingerprint density at radius 3 is 2.72 bits per heavy atom. The van der Waals surface area contributed by atoms with Crippen LogP contribution in [0.5, 0.6) is 5.75 Å². The first-order valence-corrected chi connectivity index (χ1v) is 9.01. The molecule has 3 N–H and O–H groups in total. The molecule has 138 valence electrons. The van der Waals surface area contributed by atoms with Crippen molar-refractivity contribution in [1.29, 1.82) is 0 Å². The zero-order valence-corrected chi connectivity index (χ0v) is 14.5. The summed E-state index contributed by atoms with van der Waals surface area (Å²) in [5.41, 5.74) is 0.812. The lowest BCUT2D eigenvalue weighted by atomic mass is 9.94. The summed E-state index contributed by atoms with van der Waals surface area (Å²) in [7, 11) is 2.12. The molecule has 0 radical (unpaired) electrons. The molecule has 5 unspecified atom stereocenters. The van der Waals surface area contributed by atoms with Crippen molar-refractivity contribution in [3.63, 3.8) is 0 Å². The van der Waals surface area contributed by atoms with Crippen LogP contribution in [0.15, 0.2) is 24.3 Å². The highest BCUT2D eigenvalue weighted by molar-refractivity contribution is 5.31. The van der Waals surface area contributed by atoms with Crippen LogP contribution in [0.2, 0.25) is 0 Å². The van der Waals surface area contributed by atoms with Crippen LogP contribution in [0.4, 0.5) is 0 Å². The number of piperazine rings is 1. The molecule has 25 heavy (non-hydrogen) atoms. The Hall–Kier alpha value is -1.22. The molecule has 1 aromatic rings. The molecule has 5 atom stereocenters. The zero-order valence-electron chi connectivity index (χ0n) is 14.5. The number of aromatic hydroxyl groups is 1. The maximum Gasteiger partial charge on any atom is 0.176 e. The predicted molar refractivity (Wildman–Crippen MR) is 92.2 cm³/mol. The third kappa shape index (κ3) is 3.40. The first-order valence-electron chi connectivity index (χ1n) is 9.01. The second-order valence-corrected chi connectivity index (χ2v) is 7.23. The molecule has 4 rings (SSSR count). The summed E-state index contributed by atoms with van der Waals surface area (Å²) in [5, 5.41) is 24.4. The van der Waals surface area contributed by atoms with Gasteiger partial charge in [-0.2, -0.15) is 0 Å². The number of para-hydroxylation sites is 1. The van der Waals surface area contributed by atoms with E-state index in [0.717, 1.165) is 31.7 Å². The second-order valence-electron chi connectivity index (χ2n) is 7.23.